The number of carbonyl (C=O) groups is 2. The molecule has 0 aromatic heterocycles. The van der Waals surface area contributed by atoms with Crippen molar-refractivity contribution in [3.63, 3.8) is 0 Å². The van der Waals surface area contributed by atoms with Gasteiger partial charge in [-0.05, 0) is 37.5 Å². The molecule has 0 heterocycles. The Kier molecular flexibility index (Phi) is 4.27. The third kappa shape index (κ3) is 3.29. The number of hydrogen-bond donors (Lipinski definition) is 2. The number of ether oxygens (including phenoxy) is 1. The summed E-state index contributed by atoms with van der Waals surface area (Å²) in [5.41, 5.74) is 1.65. The van der Waals surface area contributed by atoms with Crippen LogP contribution in [0.1, 0.15) is 25.3 Å². The Labute approximate surface area is 117 Å². The topological polar surface area (TPSA) is 75.6 Å². The summed E-state index contributed by atoms with van der Waals surface area (Å²) in [6.45, 7) is 4.54. The van der Waals surface area contributed by atoms with Gasteiger partial charge in [0.2, 0.25) is 5.91 Å². The number of hydrogen-bond acceptors (Lipinski definition) is 3. The highest BCUT2D eigenvalue weighted by Crippen LogP contribution is 2.40. The lowest BCUT2D eigenvalue weighted by molar-refractivity contribution is -0.139. The Hall–Kier alpha value is -2.04. The molecule has 1 amide bonds. The van der Waals surface area contributed by atoms with Crippen LogP contribution in [0.25, 0.3) is 0 Å². The standard InChI is InChI=1S/C15H19NO4/c1-3-6-20-13-7-9(2)4-5-12(13)16-14(17)10-8-11(10)15(18)19/h4-5,7,10-11H,3,6,8H2,1-2H3,(H,16,17)(H,18,19). The smallest absolute Gasteiger partial charge is 0.307 e. The average molecular weight is 277 g/mol. The van der Waals surface area contributed by atoms with E-state index in [1.165, 1.54) is 0 Å². The summed E-state index contributed by atoms with van der Waals surface area (Å²) < 4.78 is 5.61. The number of carboxylic acid groups (broad SMARTS) is 1. The zero-order chi connectivity index (χ0) is 14.7. The third-order valence-electron chi connectivity index (χ3n) is 3.30. The predicted octanol–water partition coefficient (Wildman–Crippen LogP) is 2.44. The van der Waals surface area contributed by atoms with Crippen LogP contribution in [0.5, 0.6) is 5.75 Å². The molecule has 1 aromatic rings. The average Bonchev–Trinajstić information content (AvgIpc) is 3.19. The summed E-state index contributed by atoms with van der Waals surface area (Å²) in [6.07, 6.45) is 1.29. The number of nitrogens with one attached hydrogen (secondary N) is 1. The van der Waals surface area contributed by atoms with Gasteiger partial charge in [-0.3, -0.25) is 9.59 Å². The normalized spacial score (nSPS) is 20.3. The van der Waals surface area contributed by atoms with Gasteiger partial charge in [-0.2, -0.15) is 0 Å². The summed E-state index contributed by atoms with van der Waals surface area (Å²) in [5, 5.41) is 11.6. The van der Waals surface area contributed by atoms with Crippen molar-refractivity contribution in [1.29, 1.82) is 0 Å². The molecule has 0 spiro atoms. The lowest BCUT2D eigenvalue weighted by atomic mass is 10.2. The molecule has 5 heteroatoms. The number of aryl methyl sites for hydroxylation is 1. The van der Waals surface area contributed by atoms with Gasteiger partial charge in [0.25, 0.3) is 0 Å². The van der Waals surface area contributed by atoms with Crippen LogP contribution in [-0.4, -0.2) is 23.6 Å². The Morgan fingerprint density at radius 1 is 1.40 bits per heavy atom. The first-order valence-electron chi connectivity index (χ1n) is 6.80. The minimum atomic E-state index is -0.906. The van der Waals surface area contributed by atoms with E-state index in [1.54, 1.807) is 6.07 Å². The molecule has 2 atom stereocenters. The molecular weight excluding hydrogens is 258 g/mol. The van der Waals surface area contributed by atoms with Crippen molar-refractivity contribution in [3.8, 4) is 5.75 Å². The summed E-state index contributed by atoms with van der Waals surface area (Å²) in [7, 11) is 0. The first kappa shape index (κ1) is 14.4. The third-order valence-corrected chi connectivity index (χ3v) is 3.30. The van der Waals surface area contributed by atoms with Crippen LogP contribution < -0.4 is 10.1 Å². The van der Waals surface area contributed by atoms with Gasteiger partial charge in [-0.25, -0.2) is 0 Å². The van der Waals surface area contributed by atoms with E-state index in [-0.39, 0.29) is 5.91 Å². The molecule has 0 bridgehead atoms. The number of benzene rings is 1. The lowest BCUT2D eigenvalue weighted by Gasteiger charge is -2.12. The summed E-state index contributed by atoms with van der Waals surface area (Å²) in [4.78, 5) is 22.7. The van der Waals surface area contributed by atoms with Crippen molar-refractivity contribution in [2.45, 2.75) is 26.7 Å². The van der Waals surface area contributed by atoms with Gasteiger partial charge in [0.1, 0.15) is 5.75 Å². The largest absolute Gasteiger partial charge is 0.491 e. The van der Waals surface area contributed by atoms with Crippen LogP contribution >= 0.6 is 0 Å². The monoisotopic (exact) mass is 277 g/mol. The van der Waals surface area contributed by atoms with Gasteiger partial charge in [-0.1, -0.05) is 13.0 Å². The summed E-state index contributed by atoms with van der Waals surface area (Å²) >= 11 is 0. The van der Waals surface area contributed by atoms with Crippen LogP contribution in [0.4, 0.5) is 5.69 Å². The van der Waals surface area contributed by atoms with E-state index in [1.807, 2.05) is 26.0 Å². The van der Waals surface area contributed by atoms with Gasteiger partial charge in [-0.15, -0.1) is 0 Å². The number of anilines is 1. The van der Waals surface area contributed by atoms with E-state index in [9.17, 15) is 9.59 Å². The first-order chi connectivity index (χ1) is 9.52. The molecule has 1 aliphatic rings. The highest BCUT2D eigenvalue weighted by Gasteiger charge is 2.48. The molecule has 5 nitrogen and oxygen atoms in total. The number of carbonyl (C=O) groups excluding carboxylic acids is 1. The van der Waals surface area contributed by atoms with Crippen molar-refractivity contribution in [2.75, 3.05) is 11.9 Å². The number of amides is 1. The van der Waals surface area contributed by atoms with Gasteiger partial charge in [0.15, 0.2) is 0 Å². The maximum atomic E-state index is 12.0. The molecule has 2 rings (SSSR count). The van der Waals surface area contributed by atoms with Gasteiger partial charge in [0, 0.05) is 0 Å². The molecule has 1 fully saturated rings. The Morgan fingerprint density at radius 3 is 2.75 bits per heavy atom. The molecule has 2 N–H and O–H groups in total. The van der Waals surface area contributed by atoms with Crippen LogP contribution in [-0.2, 0) is 9.59 Å². The molecular formula is C15H19NO4. The molecule has 20 heavy (non-hydrogen) atoms. The highest BCUT2D eigenvalue weighted by molar-refractivity contribution is 5.99. The van der Waals surface area contributed by atoms with Crippen molar-refractivity contribution in [1.82, 2.24) is 0 Å². The van der Waals surface area contributed by atoms with E-state index >= 15 is 0 Å². The molecule has 0 saturated heterocycles. The van der Waals surface area contributed by atoms with Crippen LogP contribution in [0.3, 0.4) is 0 Å². The van der Waals surface area contributed by atoms with Crippen molar-refractivity contribution < 1.29 is 19.4 Å². The number of carboxylic acids is 1. The number of rotatable bonds is 6. The summed E-state index contributed by atoms with van der Waals surface area (Å²) in [5.74, 6) is -1.49. The van der Waals surface area contributed by atoms with Crippen LogP contribution in [0.15, 0.2) is 18.2 Å². The second kappa shape index (κ2) is 5.94. The van der Waals surface area contributed by atoms with Crippen LogP contribution in [0, 0.1) is 18.8 Å². The molecule has 0 radical (unpaired) electrons. The number of aliphatic carboxylic acids is 1. The van der Waals surface area contributed by atoms with E-state index in [4.69, 9.17) is 9.84 Å². The Balaban J connectivity index is 2.05. The Morgan fingerprint density at radius 2 is 2.15 bits per heavy atom. The van der Waals surface area contributed by atoms with E-state index in [0.717, 1.165) is 12.0 Å². The fraction of sp³-hybridized carbons (Fsp3) is 0.467. The second-order valence-electron chi connectivity index (χ2n) is 5.12. The molecule has 108 valence electrons. The zero-order valence-corrected chi connectivity index (χ0v) is 11.7. The fourth-order valence-corrected chi connectivity index (χ4v) is 2.05. The maximum absolute atomic E-state index is 12.0. The minimum absolute atomic E-state index is 0.248. The van der Waals surface area contributed by atoms with E-state index < -0.39 is 17.8 Å². The first-order valence-corrected chi connectivity index (χ1v) is 6.80. The summed E-state index contributed by atoms with van der Waals surface area (Å²) in [6, 6.07) is 5.54. The van der Waals surface area contributed by atoms with Gasteiger partial charge in [0.05, 0.1) is 24.1 Å². The molecule has 0 aliphatic heterocycles. The zero-order valence-electron chi connectivity index (χ0n) is 11.7. The molecule has 1 saturated carbocycles. The van der Waals surface area contributed by atoms with Crippen LogP contribution in [0.2, 0.25) is 0 Å². The Bertz CT molecular complexity index is 527. The minimum Gasteiger partial charge on any atom is -0.491 e. The molecule has 2 unspecified atom stereocenters. The quantitative estimate of drug-likeness (QED) is 0.837. The molecule has 1 aliphatic carbocycles. The fourth-order valence-electron chi connectivity index (χ4n) is 2.05. The maximum Gasteiger partial charge on any atom is 0.307 e. The van der Waals surface area contributed by atoms with Crippen molar-refractivity contribution >= 4 is 17.6 Å². The van der Waals surface area contributed by atoms with E-state index in [2.05, 4.69) is 5.32 Å². The van der Waals surface area contributed by atoms with E-state index in [0.29, 0.717) is 24.5 Å². The van der Waals surface area contributed by atoms with Gasteiger partial charge >= 0.3 is 5.97 Å². The van der Waals surface area contributed by atoms with Gasteiger partial charge < -0.3 is 15.2 Å². The molecule has 1 aromatic carbocycles. The second-order valence-corrected chi connectivity index (χ2v) is 5.12. The predicted molar refractivity (Wildman–Crippen MR) is 74.8 cm³/mol. The van der Waals surface area contributed by atoms with Crippen molar-refractivity contribution in [3.05, 3.63) is 23.8 Å². The lowest BCUT2D eigenvalue weighted by Crippen LogP contribution is -2.17. The SMILES string of the molecule is CCCOc1cc(C)ccc1NC(=O)C1CC1C(=O)O. The van der Waals surface area contributed by atoms with Crippen molar-refractivity contribution in [2.24, 2.45) is 11.8 Å². The highest BCUT2D eigenvalue weighted by atomic mass is 16.5.